The van der Waals surface area contributed by atoms with Crippen LogP contribution in [0.4, 0.5) is 0 Å². The Hall–Kier alpha value is -2.60. The summed E-state index contributed by atoms with van der Waals surface area (Å²) in [5.74, 6) is -0.0644. The fraction of sp³-hybridized carbons (Fsp3) is 0.273. The molecule has 2 aromatic carbocycles. The Morgan fingerprint density at radius 2 is 1.71 bits per heavy atom. The van der Waals surface area contributed by atoms with E-state index >= 15 is 0 Å². The topological polar surface area (TPSA) is 58.6 Å². The molecule has 2 amide bonds. The van der Waals surface area contributed by atoms with E-state index in [9.17, 15) is 9.59 Å². The second-order valence-electron chi connectivity index (χ2n) is 6.62. The number of piperidine rings is 1. The van der Waals surface area contributed by atoms with Crippen LogP contribution in [0.25, 0.3) is 6.08 Å². The number of carbonyl (C=O) groups excluding carboxylic acids is 2. The number of halogens is 1. The number of rotatable bonds is 5. The number of carbonyl (C=O) groups is 2. The van der Waals surface area contributed by atoms with Crippen LogP contribution in [0.1, 0.15) is 35.2 Å². The number of amides is 2. The molecule has 6 heteroatoms. The summed E-state index contributed by atoms with van der Waals surface area (Å²) in [7, 11) is 1.52. The van der Waals surface area contributed by atoms with Crippen LogP contribution in [-0.2, 0) is 4.79 Å². The quantitative estimate of drug-likeness (QED) is 0.704. The van der Waals surface area contributed by atoms with Crippen LogP contribution in [-0.4, -0.2) is 36.9 Å². The normalized spacial score (nSPS) is 14.5. The molecule has 0 atom stereocenters. The van der Waals surface area contributed by atoms with E-state index in [0.717, 1.165) is 29.3 Å². The van der Waals surface area contributed by atoms with E-state index in [1.54, 1.807) is 35.2 Å². The Morgan fingerprint density at radius 1 is 1.04 bits per heavy atom. The van der Waals surface area contributed by atoms with Gasteiger partial charge in [-0.15, -0.1) is 0 Å². The van der Waals surface area contributed by atoms with Gasteiger partial charge in [-0.2, -0.15) is 0 Å². The molecule has 3 rings (SSSR count). The van der Waals surface area contributed by atoms with Gasteiger partial charge in [-0.25, -0.2) is 0 Å². The van der Waals surface area contributed by atoms with Gasteiger partial charge in [0.1, 0.15) is 11.4 Å². The first-order valence-electron chi connectivity index (χ1n) is 9.29. The lowest BCUT2D eigenvalue weighted by molar-refractivity contribution is -0.128. The molecule has 0 aromatic heterocycles. The van der Waals surface area contributed by atoms with Gasteiger partial charge in [0.15, 0.2) is 0 Å². The van der Waals surface area contributed by atoms with Crippen molar-refractivity contribution in [2.24, 2.45) is 0 Å². The van der Waals surface area contributed by atoms with Crippen molar-refractivity contribution in [1.82, 2.24) is 10.2 Å². The molecule has 0 aliphatic carbocycles. The van der Waals surface area contributed by atoms with Crippen molar-refractivity contribution in [3.05, 3.63) is 69.8 Å². The Morgan fingerprint density at radius 3 is 2.39 bits per heavy atom. The summed E-state index contributed by atoms with van der Waals surface area (Å²) in [6.07, 6.45) is 4.81. The van der Waals surface area contributed by atoms with E-state index < -0.39 is 0 Å². The molecule has 1 heterocycles. The third kappa shape index (κ3) is 5.01. The second-order valence-corrected chi connectivity index (χ2v) is 7.53. The molecule has 1 fully saturated rings. The zero-order chi connectivity index (χ0) is 19.9. The summed E-state index contributed by atoms with van der Waals surface area (Å²) < 4.78 is 6.23. The number of ether oxygens (including phenoxy) is 1. The number of methoxy groups -OCH3 is 1. The van der Waals surface area contributed by atoms with Crippen molar-refractivity contribution < 1.29 is 14.3 Å². The van der Waals surface area contributed by atoms with Crippen LogP contribution in [0.3, 0.4) is 0 Å². The second kappa shape index (κ2) is 9.55. The summed E-state index contributed by atoms with van der Waals surface area (Å²) in [6, 6.07) is 14.5. The number of hydrogen-bond donors (Lipinski definition) is 1. The van der Waals surface area contributed by atoms with Gasteiger partial charge in [-0.1, -0.05) is 40.2 Å². The first-order valence-corrected chi connectivity index (χ1v) is 10.1. The zero-order valence-corrected chi connectivity index (χ0v) is 17.4. The molecule has 1 aliphatic rings. The standard InChI is InChI=1S/C22H23BrN2O3/c1-28-20-8-4-3-7-18(20)21(26)24-19(15-16-9-11-17(23)12-10-16)22(27)25-13-5-2-6-14-25/h3-4,7-12,15H,2,5-6,13-14H2,1H3,(H,24,26)/b19-15-. The van der Waals surface area contributed by atoms with Crippen molar-refractivity contribution in [1.29, 1.82) is 0 Å². The molecule has 1 aliphatic heterocycles. The largest absolute Gasteiger partial charge is 0.496 e. The summed E-state index contributed by atoms with van der Waals surface area (Å²) in [6.45, 7) is 1.42. The summed E-state index contributed by atoms with van der Waals surface area (Å²) in [5, 5.41) is 2.81. The highest BCUT2D eigenvalue weighted by molar-refractivity contribution is 9.10. The molecule has 146 valence electrons. The molecular formula is C22H23BrN2O3. The van der Waals surface area contributed by atoms with Crippen LogP contribution in [0.15, 0.2) is 58.7 Å². The number of hydrogen-bond acceptors (Lipinski definition) is 3. The van der Waals surface area contributed by atoms with Crippen molar-refractivity contribution in [3.8, 4) is 5.75 Å². The number of nitrogens with zero attached hydrogens (tertiary/aromatic N) is 1. The van der Waals surface area contributed by atoms with Gasteiger partial charge in [0.2, 0.25) is 0 Å². The zero-order valence-electron chi connectivity index (χ0n) is 15.8. The van der Waals surface area contributed by atoms with E-state index in [2.05, 4.69) is 21.2 Å². The predicted molar refractivity (Wildman–Crippen MR) is 113 cm³/mol. The third-order valence-electron chi connectivity index (χ3n) is 4.65. The van der Waals surface area contributed by atoms with Gasteiger partial charge in [-0.05, 0) is 55.2 Å². The molecule has 0 unspecified atom stereocenters. The van der Waals surface area contributed by atoms with Crippen molar-refractivity contribution >= 4 is 33.8 Å². The van der Waals surface area contributed by atoms with Crippen molar-refractivity contribution in [2.75, 3.05) is 20.2 Å². The Bertz CT molecular complexity index is 872. The minimum atomic E-state index is -0.369. The Kier molecular flexibility index (Phi) is 6.87. The fourth-order valence-corrected chi connectivity index (χ4v) is 3.43. The van der Waals surface area contributed by atoms with Crippen LogP contribution in [0.2, 0.25) is 0 Å². The van der Waals surface area contributed by atoms with Crippen molar-refractivity contribution in [2.45, 2.75) is 19.3 Å². The van der Waals surface area contributed by atoms with Gasteiger partial charge in [0, 0.05) is 17.6 Å². The van der Waals surface area contributed by atoms with Gasteiger partial charge in [0.05, 0.1) is 12.7 Å². The molecule has 1 N–H and O–H groups in total. The minimum Gasteiger partial charge on any atom is -0.496 e. The van der Waals surface area contributed by atoms with Gasteiger partial charge >= 0.3 is 0 Å². The van der Waals surface area contributed by atoms with Gasteiger partial charge in [-0.3, -0.25) is 9.59 Å². The highest BCUT2D eigenvalue weighted by Crippen LogP contribution is 2.19. The number of benzene rings is 2. The molecule has 5 nitrogen and oxygen atoms in total. The minimum absolute atomic E-state index is 0.161. The van der Waals surface area contributed by atoms with E-state index in [0.29, 0.717) is 24.4 Å². The molecule has 28 heavy (non-hydrogen) atoms. The number of nitrogens with one attached hydrogen (secondary N) is 1. The average Bonchev–Trinajstić information content (AvgIpc) is 2.74. The molecule has 0 saturated carbocycles. The third-order valence-corrected chi connectivity index (χ3v) is 5.18. The van der Waals surface area contributed by atoms with Crippen LogP contribution in [0.5, 0.6) is 5.75 Å². The highest BCUT2D eigenvalue weighted by Gasteiger charge is 2.23. The van der Waals surface area contributed by atoms with E-state index in [-0.39, 0.29) is 17.5 Å². The lowest BCUT2D eigenvalue weighted by Crippen LogP contribution is -2.41. The van der Waals surface area contributed by atoms with Crippen LogP contribution < -0.4 is 10.1 Å². The number of likely N-dealkylation sites (tertiary alicyclic amines) is 1. The SMILES string of the molecule is COc1ccccc1C(=O)N/C(=C\c1ccc(Br)cc1)C(=O)N1CCCCC1. The van der Waals surface area contributed by atoms with Gasteiger partial charge in [0.25, 0.3) is 11.8 Å². The van der Waals surface area contributed by atoms with E-state index in [1.165, 1.54) is 7.11 Å². The van der Waals surface area contributed by atoms with E-state index in [1.807, 2.05) is 24.3 Å². The highest BCUT2D eigenvalue weighted by atomic mass is 79.9. The Labute approximate surface area is 173 Å². The predicted octanol–water partition coefficient (Wildman–Crippen LogP) is 4.24. The van der Waals surface area contributed by atoms with Gasteiger partial charge < -0.3 is 15.0 Å². The lowest BCUT2D eigenvalue weighted by atomic mass is 10.1. The smallest absolute Gasteiger partial charge is 0.270 e. The maximum atomic E-state index is 13.1. The first-order chi connectivity index (χ1) is 13.6. The fourth-order valence-electron chi connectivity index (χ4n) is 3.17. The molecule has 0 bridgehead atoms. The molecular weight excluding hydrogens is 420 g/mol. The monoisotopic (exact) mass is 442 g/mol. The first kappa shape index (κ1) is 20.1. The van der Waals surface area contributed by atoms with Crippen LogP contribution in [0, 0.1) is 0 Å². The summed E-state index contributed by atoms with van der Waals surface area (Å²) in [4.78, 5) is 27.8. The lowest BCUT2D eigenvalue weighted by Gasteiger charge is -2.27. The van der Waals surface area contributed by atoms with Crippen LogP contribution >= 0.6 is 15.9 Å². The summed E-state index contributed by atoms with van der Waals surface area (Å²) >= 11 is 3.41. The van der Waals surface area contributed by atoms with Crippen molar-refractivity contribution in [3.63, 3.8) is 0 Å². The maximum Gasteiger partial charge on any atom is 0.270 e. The number of para-hydroxylation sites is 1. The summed E-state index contributed by atoms with van der Waals surface area (Å²) in [5.41, 5.74) is 1.49. The molecule has 2 aromatic rings. The Balaban J connectivity index is 1.90. The molecule has 0 spiro atoms. The van der Waals surface area contributed by atoms with E-state index in [4.69, 9.17) is 4.74 Å². The molecule has 1 saturated heterocycles. The molecule has 0 radical (unpaired) electrons. The average molecular weight is 443 g/mol. The maximum absolute atomic E-state index is 13.1.